The lowest BCUT2D eigenvalue weighted by molar-refractivity contribution is 0.0958. The normalized spacial score (nSPS) is 10.3. The summed E-state index contributed by atoms with van der Waals surface area (Å²) in [5.74, 6) is 0.444. The van der Waals surface area contributed by atoms with Crippen LogP contribution in [0.25, 0.3) is 0 Å². The van der Waals surface area contributed by atoms with Gasteiger partial charge in [-0.3, -0.25) is 4.79 Å². The molecule has 0 saturated heterocycles. The van der Waals surface area contributed by atoms with Crippen LogP contribution in [0.4, 0.5) is 5.69 Å². The first-order valence-corrected chi connectivity index (χ1v) is 6.60. The molecule has 0 aliphatic carbocycles. The lowest BCUT2D eigenvalue weighted by atomic mass is 10.1. The molecule has 0 aliphatic rings. The fourth-order valence-corrected chi connectivity index (χ4v) is 1.65. The Morgan fingerprint density at radius 2 is 2.25 bits per heavy atom. The molecule has 0 atom stereocenters. The molecule has 1 aromatic carbocycles. The van der Waals surface area contributed by atoms with Crippen LogP contribution in [0, 0.1) is 0 Å². The van der Waals surface area contributed by atoms with Crippen LogP contribution >= 0.6 is 0 Å². The van der Waals surface area contributed by atoms with Gasteiger partial charge in [0.15, 0.2) is 0 Å². The standard InChI is InChI=1S/C15H23N3O2/c1-4-8-17-15(19)12-6-7-14(13(16)11-12)20-10-5-9-18(2)3/h4,6-7,11H,1,5,8-10,16H2,2-3H3,(H,17,19). The summed E-state index contributed by atoms with van der Waals surface area (Å²) in [4.78, 5) is 13.8. The first kappa shape index (κ1) is 16.0. The molecule has 5 heteroatoms. The highest BCUT2D eigenvalue weighted by Crippen LogP contribution is 2.22. The van der Waals surface area contributed by atoms with Gasteiger partial charge in [0.05, 0.1) is 12.3 Å². The van der Waals surface area contributed by atoms with Crippen LogP contribution < -0.4 is 15.8 Å². The van der Waals surface area contributed by atoms with E-state index in [9.17, 15) is 4.79 Å². The predicted molar refractivity (Wildman–Crippen MR) is 82.1 cm³/mol. The van der Waals surface area contributed by atoms with Crippen molar-refractivity contribution < 1.29 is 9.53 Å². The Morgan fingerprint density at radius 1 is 1.50 bits per heavy atom. The second kappa shape index (κ2) is 8.22. The number of amides is 1. The predicted octanol–water partition coefficient (Wildman–Crippen LogP) is 1.52. The van der Waals surface area contributed by atoms with Crippen LogP contribution in [0.3, 0.4) is 0 Å². The van der Waals surface area contributed by atoms with E-state index in [-0.39, 0.29) is 5.91 Å². The zero-order valence-electron chi connectivity index (χ0n) is 12.2. The highest BCUT2D eigenvalue weighted by atomic mass is 16.5. The summed E-state index contributed by atoms with van der Waals surface area (Å²) in [5, 5.41) is 2.70. The van der Waals surface area contributed by atoms with Gasteiger partial charge in [-0.2, -0.15) is 0 Å². The molecule has 3 N–H and O–H groups in total. The number of nitrogens with zero attached hydrogens (tertiary/aromatic N) is 1. The van der Waals surface area contributed by atoms with Gasteiger partial charge in [0.2, 0.25) is 0 Å². The molecule has 0 radical (unpaired) electrons. The zero-order valence-corrected chi connectivity index (χ0v) is 12.2. The Bertz CT molecular complexity index is 458. The summed E-state index contributed by atoms with van der Waals surface area (Å²) in [7, 11) is 4.04. The van der Waals surface area contributed by atoms with Crippen molar-refractivity contribution in [3.8, 4) is 5.75 Å². The van der Waals surface area contributed by atoms with E-state index < -0.39 is 0 Å². The van der Waals surface area contributed by atoms with Crippen molar-refractivity contribution in [3.05, 3.63) is 36.4 Å². The van der Waals surface area contributed by atoms with E-state index in [4.69, 9.17) is 10.5 Å². The Balaban J connectivity index is 2.54. The Labute approximate surface area is 120 Å². The number of carbonyl (C=O) groups excluding carboxylic acids is 1. The largest absolute Gasteiger partial charge is 0.491 e. The summed E-state index contributed by atoms with van der Waals surface area (Å²) in [6.45, 7) is 5.54. The minimum atomic E-state index is -0.171. The highest BCUT2D eigenvalue weighted by Gasteiger charge is 2.08. The molecule has 0 bridgehead atoms. The van der Waals surface area contributed by atoms with Crippen molar-refractivity contribution in [2.75, 3.05) is 39.5 Å². The lowest BCUT2D eigenvalue weighted by Crippen LogP contribution is -2.23. The number of anilines is 1. The maximum absolute atomic E-state index is 11.7. The average Bonchev–Trinajstić information content (AvgIpc) is 2.42. The van der Waals surface area contributed by atoms with Gasteiger partial charge in [-0.25, -0.2) is 0 Å². The van der Waals surface area contributed by atoms with Gasteiger partial charge in [-0.1, -0.05) is 6.08 Å². The fraction of sp³-hybridized carbons (Fsp3) is 0.400. The SMILES string of the molecule is C=CCNC(=O)c1ccc(OCCCN(C)C)c(N)c1. The molecule has 0 aliphatic heterocycles. The number of nitrogen functional groups attached to an aromatic ring is 1. The maximum atomic E-state index is 11.7. The van der Waals surface area contributed by atoms with Gasteiger partial charge >= 0.3 is 0 Å². The zero-order chi connectivity index (χ0) is 15.0. The van der Waals surface area contributed by atoms with Gasteiger partial charge < -0.3 is 20.7 Å². The monoisotopic (exact) mass is 277 g/mol. The van der Waals surface area contributed by atoms with Crippen LogP contribution in [0.2, 0.25) is 0 Å². The number of nitrogens with two attached hydrogens (primary N) is 1. The molecular weight excluding hydrogens is 254 g/mol. The van der Waals surface area contributed by atoms with Crippen molar-refractivity contribution in [1.82, 2.24) is 10.2 Å². The van der Waals surface area contributed by atoms with Crippen LogP contribution in [-0.4, -0.2) is 44.6 Å². The third kappa shape index (κ3) is 5.32. The minimum absolute atomic E-state index is 0.171. The summed E-state index contributed by atoms with van der Waals surface area (Å²) < 4.78 is 5.60. The van der Waals surface area contributed by atoms with Crippen molar-refractivity contribution >= 4 is 11.6 Å². The van der Waals surface area contributed by atoms with E-state index in [1.165, 1.54) is 0 Å². The highest BCUT2D eigenvalue weighted by molar-refractivity contribution is 5.95. The molecule has 0 aromatic heterocycles. The number of benzene rings is 1. The second-order valence-corrected chi connectivity index (χ2v) is 4.76. The molecule has 0 heterocycles. The van der Waals surface area contributed by atoms with Crippen LogP contribution in [-0.2, 0) is 0 Å². The molecule has 5 nitrogen and oxygen atoms in total. The minimum Gasteiger partial charge on any atom is -0.491 e. The molecular formula is C15H23N3O2. The second-order valence-electron chi connectivity index (χ2n) is 4.76. The van der Waals surface area contributed by atoms with Gasteiger partial charge in [-0.05, 0) is 38.7 Å². The average molecular weight is 277 g/mol. The third-order valence-corrected chi connectivity index (χ3v) is 2.69. The van der Waals surface area contributed by atoms with E-state index in [2.05, 4.69) is 16.8 Å². The molecule has 1 aromatic rings. The molecule has 1 rings (SSSR count). The van der Waals surface area contributed by atoms with E-state index in [0.717, 1.165) is 13.0 Å². The topological polar surface area (TPSA) is 67.6 Å². The number of rotatable bonds is 8. The summed E-state index contributed by atoms with van der Waals surface area (Å²) in [6.07, 6.45) is 2.55. The summed E-state index contributed by atoms with van der Waals surface area (Å²) >= 11 is 0. The number of carbonyl (C=O) groups is 1. The van der Waals surface area contributed by atoms with E-state index in [1.807, 2.05) is 14.1 Å². The molecule has 0 spiro atoms. The molecule has 1 amide bonds. The van der Waals surface area contributed by atoms with Crippen molar-refractivity contribution in [1.29, 1.82) is 0 Å². The first-order valence-electron chi connectivity index (χ1n) is 6.60. The number of hydrogen-bond donors (Lipinski definition) is 2. The van der Waals surface area contributed by atoms with Gasteiger partial charge in [0.1, 0.15) is 5.75 Å². The molecule has 0 fully saturated rings. The maximum Gasteiger partial charge on any atom is 0.251 e. The van der Waals surface area contributed by atoms with E-state index in [1.54, 1.807) is 24.3 Å². The van der Waals surface area contributed by atoms with Crippen molar-refractivity contribution in [2.45, 2.75) is 6.42 Å². The van der Waals surface area contributed by atoms with Crippen LogP contribution in [0.15, 0.2) is 30.9 Å². The van der Waals surface area contributed by atoms with Crippen molar-refractivity contribution in [2.24, 2.45) is 0 Å². The van der Waals surface area contributed by atoms with Crippen LogP contribution in [0.1, 0.15) is 16.8 Å². The lowest BCUT2D eigenvalue weighted by Gasteiger charge is -2.12. The van der Waals surface area contributed by atoms with E-state index >= 15 is 0 Å². The summed E-state index contributed by atoms with van der Waals surface area (Å²) in [5.41, 5.74) is 6.89. The molecule has 0 saturated carbocycles. The number of nitrogens with one attached hydrogen (secondary N) is 1. The van der Waals surface area contributed by atoms with E-state index in [0.29, 0.717) is 30.2 Å². The molecule has 110 valence electrons. The summed E-state index contributed by atoms with van der Waals surface area (Å²) in [6, 6.07) is 5.06. The first-order chi connectivity index (χ1) is 9.54. The fourth-order valence-electron chi connectivity index (χ4n) is 1.65. The molecule has 20 heavy (non-hydrogen) atoms. The smallest absolute Gasteiger partial charge is 0.251 e. The Hall–Kier alpha value is -2.01. The van der Waals surface area contributed by atoms with Crippen molar-refractivity contribution in [3.63, 3.8) is 0 Å². The third-order valence-electron chi connectivity index (χ3n) is 2.69. The Kier molecular flexibility index (Phi) is 6.59. The molecule has 0 unspecified atom stereocenters. The quantitative estimate of drug-likeness (QED) is 0.429. The van der Waals surface area contributed by atoms with Gasteiger partial charge in [0.25, 0.3) is 5.91 Å². The van der Waals surface area contributed by atoms with Gasteiger partial charge in [0, 0.05) is 18.7 Å². The number of ether oxygens (including phenoxy) is 1. The van der Waals surface area contributed by atoms with Crippen LogP contribution in [0.5, 0.6) is 5.75 Å². The van der Waals surface area contributed by atoms with Gasteiger partial charge in [-0.15, -0.1) is 6.58 Å². The number of hydrogen-bond acceptors (Lipinski definition) is 4. The Morgan fingerprint density at radius 3 is 2.85 bits per heavy atom.